The van der Waals surface area contributed by atoms with E-state index in [1.807, 2.05) is 14.2 Å². The monoisotopic (exact) mass is 312 g/mol. The van der Waals surface area contributed by atoms with Crippen LogP contribution in [0.3, 0.4) is 0 Å². The van der Waals surface area contributed by atoms with Gasteiger partial charge in [0, 0.05) is 14.2 Å². The largest absolute Gasteiger partial charge is 0.394 e. The van der Waals surface area contributed by atoms with Crippen molar-refractivity contribution in [3.8, 4) is 11.1 Å². The minimum Gasteiger partial charge on any atom is -0.394 e. The first-order valence-electron chi connectivity index (χ1n) is 8.06. The molecule has 22 heavy (non-hydrogen) atoms. The minimum absolute atomic E-state index is 0.995. The normalized spacial score (nSPS) is 13.0. The van der Waals surface area contributed by atoms with E-state index in [4.69, 9.17) is 8.85 Å². The second-order valence-corrected chi connectivity index (χ2v) is 9.29. The molecule has 2 nitrogen and oxygen atoms in total. The first-order valence-corrected chi connectivity index (χ1v) is 10.1. The van der Waals surface area contributed by atoms with Crippen molar-refractivity contribution in [2.45, 2.75) is 32.2 Å². The molecule has 3 rings (SSSR count). The number of unbranched alkanes of at least 4 members (excludes halogenated alkanes) is 1. The molecule has 3 heteroatoms. The van der Waals surface area contributed by atoms with Crippen molar-refractivity contribution in [2.24, 2.45) is 0 Å². The molecule has 0 unspecified atom stereocenters. The van der Waals surface area contributed by atoms with Gasteiger partial charge in [-0.1, -0.05) is 62.2 Å². The van der Waals surface area contributed by atoms with E-state index < -0.39 is 8.56 Å². The van der Waals surface area contributed by atoms with Gasteiger partial charge in [0.1, 0.15) is 0 Å². The topological polar surface area (TPSA) is 18.5 Å². The van der Waals surface area contributed by atoms with E-state index in [1.165, 1.54) is 27.4 Å². The van der Waals surface area contributed by atoms with Gasteiger partial charge in [-0.2, -0.15) is 0 Å². The smallest absolute Gasteiger partial charge is 0.372 e. The number of benzene rings is 2. The van der Waals surface area contributed by atoms with E-state index >= 15 is 0 Å². The molecule has 0 atom stereocenters. The molecule has 0 spiro atoms. The Morgan fingerprint density at radius 3 is 2.41 bits per heavy atom. The molecule has 2 aromatic carbocycles. The summed E-state index contributed by atoms with van der Waals surface area (Å²) in [6.45, 7) is 2.22. The molecule has 0 aliphatic heterocycles. The van der Waals surface area contributed by atoms with Crippen molar-refractivity contribution in [1.29, 1.82) is 0 Å². The van der Waals surface area contributed by atoms with E-state index in [0.717, 1.165) is 25.3 Å². The van der Waals surface area contributed by atoms with Crippen molar-refractivity contribution in [3.63, 3.8) is 0 Å². The summed E-state index contributed by atoms with van der Waals surface area (Å²) in [6, 6.07) is 16.3. The molecular formula is C19H24O2Si. The SMILES string of the molecule is CCCC[Si](OC)(OC)c1cccc2c1Cc1ccccc1-2. The third kappa shape index (κ3) is 2.43. The lowest BCUT2D eigenvalue weighted by molar-refractivity contribution is 0.256. The average Bonchev–Trinajstić information content (AvgIpc) is 2.95. The Balaban J connectivity index is 2.10. The fourth-order valence-electron chi connectivity index (χ4n) is 3.57. The third-order valence-electron chi connectivity index (χ3n) is 4.78. The molecule has 0 saturated heterocycles. The molecule has 1 aliphatic rings. The maximum Gasteiger partial charge on any atom is 0.372 e. The lowest BCUT2D eigenvalue weighted by Crippen LogP contribution is -2.53. The van der Waals surface area contributed by atoms with Crippen LogP contribution in [0.5, 0.6) is 0 Å². The lowest BCUT2D eigenvalue weighted by Gasteiger charge is -2.29. The highest BCUT2D eigenvalue weighted by atomic mass is 28.4. The van der Waals surface area contributed by atoms with Crippen LogP contribution in [0.2, 0.25) is 6.04 Å². The summed E-state index contributed by atoms with van der Waals surface area (Å²) in [7, 11) is 1.29. The van der Waals surface area contributed by atoms with Crippen molar-refractivity contribution in [1.82, 2.24) is 0 Å². The summed E-state index contributed by atoms with van der Waals surface area (Å²) >= 11 is 0. The van der Waals surface area contributed by atoms with Gasteiger partial charge in [-0.15, -0.1) is 0 Å². The van der Waals surface area contributed by atoms with Gasteiger partial charge >= 0.3 is 8.56 Å². The zero-order valence-corrected chi connectivity index (χ0v) is 14.7. The van der Waals surface area contributed by atoms with Crippen LogP contribution in [0.15, 0.2) is 42.5 Å². The van der Waals surface area contributed by atoms with E-state index in [1.54, 1.807) is 0 Å². The Kier molecular flexibility index (Phi) is 4.48. The van der Waals surface area contributed by atoms with Crippen LogP contribution >= 0.6 is 0 Å². The number of fused-ring (bicyclic) bond motifs is 3. The fourth-order valence-corrected chi connectivity index (χ4v) is 6.70. The standard InChI is InChI=1S/C19H24O2Si/c1-4-5-13-22(20-2,21-3)19-12-8-11-17-16-10-7-6-9-15(16)14-18(17)19/h6-12H,4-5,13-14H2,1-3H3. The van der Waals surface area contributed by atoms with Crippen LogP contribution in [0, 0.1) is 0 Å². The molecule has 0 fully saturated rings. The van der Waals surface area contributed by atoms with E-state index in [2.05, 4.69) is 49.4 Å². The van der Waals surface area contributed by atoms with E-state index in [0.29, 0.717) is 0 Å². The molecule has 0 radical (unpaired) electrons. The van der Waals surface area contributed by atoms with Gasteiger partial charge in [0.05, 0.1) is 0 Å². The fraction of sp³-hybridized carbons (Fsp3) is 0.368. The van der Waals surface area contributed by atoms with Crippen molar-refractivity contribution < 1.29 is 8.85 Å². The van der Waals surface area contributed by atoms with Gasteiger partial charge in [0.2, 0.25) is 0 Å². The zero-order valence-electron chi connectivity index (χ0n) is 13.7. The Labute approximate surface area is 134 Å². The quantitative estimate of drug-likeness (QED) is 0.641. The summed E-state index contributed by atoms with van der Waals surface area (Å²) in [5, 5.41) is 1.32. The number of rotatable bonds is 6. The van der Waals surface area contributed by atoms with Crippen molar-refractivity contribution in [2.75, 3.05) is 14.2 Å². The molecule has 0 heterocycles. The second kappa shape index (κ2) is 6.37. The van der Waals surface area contributed by atoms with Gasteiger partial charge in [-0.25, -0.2) is 0 Å². The molecular weight excluding hydrogens is 288 g/mol. The van der Waals surface area contributed by atoms with Crippen molar-refractivity contribution >= 4 is 13.7 Å². The molecule has 1 aliphatic carbocycles. The highest BCUT2D eigenvalue weighted by Gasteiger charge is 2.40. The highest BCUT2D eigenvalue weighted by molar-refractivity contribution is 6.81. The summed E-state index contributed by atoms with van der Waals surface area (Å²) < 4.78 is 12.0. The molecule has 0 aromatic heterocycles. The maximum atomic E-state index is 6.02. The first-order chi connectivity index (χ1) is 10.8. The van der Waals surface area contributed by atoms with Crippen molar-refractivity contribution in [3.05, 3.63) is 53.6 Å². The van der Waals surface area contributed by atoms with Gasteiger partial charge in [0.15, 0.2) is 0 Å². The number of hydrogen-bond donors (Lipinski definition) is 0. The van der Waals surface area contributed by atoms with E-state index in [9.17, 15) is 0 Å². The summed E-state index contributed by atoms with van der Waals surface area (Å²) in [6.07, 6.45) is 3.30. The predicted molar refractivity (Wildman–Crippen MR) is 93.8 cm³/mol. The summed E-state index contributed by atoms with van der Waals surface area (Å²) in [5.41, 5.74) is 5.55. The van der Waals surface area contributed by atoms with Gasteiger partial charge in [0.25, 0.3) is 0 Å². The highest BCUT2D eigenvalue weighted by Crippen LogP contribution is 2.36. The molecule has 0 N–H and O–H groups in total. The van der Waals surface area contributed by atoms with E-state index in [-0.39, 0.29) is 0 Å². The van der Waals surface area contributed by atoms with Gasteiger partial charge in [-0.05, 0) is 39.9 Å². The molecule has 116 valence electrons. The summed E-state index contributed by atoms with van der Waals surface area (Å²) in [4.78, 5) is 0. The second-order valence-electron chi connectivity index (χ2n) is 5.93. The Hall–Kier alpha value is -1.42. The summed E-state index contributed by atoms with van der Waals surface area (Å²) in [5.74, 6) is 0. The van der Waals surface area contributed by atoms with Crippen LogP contribution < -0.4 is 5.19 Å². The predicted octanol–water partition coefficient (Wildman–Crippen LogP) is 4.00. The Bertz CT molecular complexity index is 662. The van der Waals surface area contributed by atoms with Crippen LogP contribution in [0.25, 0.3) is 11.1 Å². The third-order valence-corrected chi connectivity index (χ3v) is 8.40. The first kappa shape index (κ1) is 15.5. The lowest BCUT2D eigenvalue weighted by atomic mass is 10.1. The Morgan fingerprint density at radius 2 is 1.68 bits per heavy atom. The molecule has 0 bridgehead atoms. The molecule has 0 amide bonds. The average molecular weight is 312 g/mol. The minimum atomic E-state index is -2.34. The van der Waals surface area contributed by atoms with Crippen LogP contribution in [0.4, 0.5) is 0 Å². The van der Waals surface area contributed by atoms with Crippen LogP contribution in [-0.4, -0.2) is 22.8 Å². The van der Waals surface area contributed by atoms with Gasteiger partial charge < -0.3 is 8.85 Å². The van der Waals surface area contributed by atoms with Crippen LogP contribution in [0.1, 0.15) is 30.9 Å². The van der Waals surface area contributed by atoms with Crippen LogP contribution in [-0.2, 0) is 15.3 Å². The number of hydrogen-bond acceptors (Lipinski definition) is 2. The molecule has 2 aromatic rings. The van der Waals surface area contributed by atoms with Gasteiger partial charge in [-0.3, -0.25) is 0 Å². The molecule has 0 saturated carbocycles. The zero-order chi connectivity index (χ0) is 15.6. The maximum absolute atomic E-state index is 6.02. The Morgan fingerprint density at radius 1 is 0.955 bits per heavy atom.